The third-order valence-electron chi connectivity index (χ3n) is 3.56. The van der Waals surface area contributed by atoms with Gasteiger partial charge in [-0.2, -0.15) is 0 Å². The summed E-state index contributed by atoms with van der Waals surface area (Å²) in [7, 11) is 0. The second-order valence-electron chi connectivity index (χ2n) is 5.77. The molecule has 2 aromatic carbocycles. The van der Waals surface area contributed by atoms with Gasteiger partial charge in [0.2, 0.25) is 0 Å². The minimum absolute atomic E-state index is 0.251. The van der Waals surface area contributed by atoms with E-state index in [1.807, 2.05) is 0 Å². The molecule has 160 valence electrons. The van der Waals surface area contributed by atoms with Crippen molar-refractivity contribution in [2.24, 2.45) is 0 Å². The molecule has 13 nitrogen and oxygen atoms in total. The maximum Gasteiger partial charge on any atom is 0.338 e. The highest BCUT2D eigenvalue weighted by Crippen LogP contribution is 2.36. The van der Waals surface area contributed by atoms with Gasteiger partial charge in [0.1, 0.15) is 5.69 Å². The Bertz CT molecular complexity index is 910. The van der Waals surface area contributed by atoms with Crippen LogP contribution < -0.4 is 10.8 Å². The lowest BCUT2D eigenvalue weighted by Crippen LogP contribution is -2.39. The fourth-order valence-corrected chi connectivity index (χ4v) is 1.99. The second-order valence-corrected chi connectivity index (χ2v) is 5.77. The average Bonchev–Trinajstić information content (AvgIpc) is 2.68. The molecule has 0 radical (unpaired) electrons. The van der Waals surface area contributed by atoms with Crippen LogP contribution in [0.1, 0.15) is 30.1 Å². The lowest BCUT2D eigenvalue weighted by molar-refractivity contribution is -0.420. The molecule has 0 spiro atoms. The predicted octanol–water partition coefficient (Wildman–Crippen LogP) is 2.00. The quantitative estimate of drug-likeness (QED) is 0.299. The van der Waals surface area contributed by atoms with Crippen molar-refractivity contribution in [3.63, 3.8) is 0 Å². The van der Waals surface area contributed by atoms with Gasteiger partial charge in [-0.1, -0.05) is 13.3 Å². The summed E-state index contributed by atoms with van der Waals surface area (Å²) in [4.78, 5) is 38.9. The number of nitro groups is 3. The Kier molecular flexibility index (Phi) is 8.78. The first-order chi connectivity index (χ1) is 14.1. The summed E-state index contributed by atoms with van der Waals surface area (Å²) in [6.45, 7) is 2.56. The molecule has 0 saturated carbocycles. The van der Waals surface area contributed by atoms with Gasteiger partial charge in [0.05, 0.1) is 44.8 Å². The van der Waals surface area contributed by atoms with Crippen LogP contribution in [0, 0.1) is 30.3 Å². The van der Waals surface area contributed by atoms with Crippen LogP contribution in [0.5, 0.6) is 5.75 Å². The zero-order chi connectivity index (χ0) is 22.8. The number of hydrogen-bond donors (Lipinski definition) is 1. The minimum Gasteiger partial charge on any atom is -0.863 e. The summed E-state index contributed by atoms with van der Waals surface area (Å²) in [6, 6.07) is 7.84. The van der Waals surface area contributed by atoms with Gasteiger partial charge in [-0.05, 0) is 30.7 Å². The van der Waals surface area contributed by atoms with Gasteiger partial charge in [0, 0.05) is 0 Å². The SMILES string of the molecule is CCCCOC(=O)c1ccc([NH3+])cc1.O=[N+]([O-])c1cc([N+](=O)[O-])c([O-])c([N+](=O)[O-])c1. The van der Waals surface area contributed by atoms with Crippen molar-refractivity contribution in [3.05, 3.63) is 72.3 Å². The average molecular weight is 422 g/mol. The van der Waals surface area contributed by atoms with Crippen LogP contribution in [0.15, 0.2) is 36.4 Å². The molecule has 0 aliphatic rings. The third-order valence-corrected chi connectivity index (χ3v) is 3.56. The summed E-state index contributed by atoms with van der Waals surface area (Å²) < 4.78 is 5.05. The van der Waals surface area contributed by atoms with Crippen LogP contribution in [0.4, 0.5) is 22.7 Å². The smallest absolute Gasteiger partial charge is 0.338 e. The number of nitrogens with zero attached hydrogens (tertiary/aromatic N) is 3. The summed E-state index contributed by atoms with van der Waals surface area (Å²) in [5, 5.41) is 42.1. The van der Waals surface area contributed by atoms with Gasteiger partial charge in [-0.3, -0.25) is 30.3 Å². The van der Waals surface area contributed by atoms with Crippen LogP contribution in [-0.2, 0) is 4.74 Å². The molecule has 0 unspecified atom stereocenters. The topological polar surface area (TPSA) is 206 Å². The second kappa shape index (κ2) is 11.0. The van der Waals surface area contributed by atoms with Crippen LogP contribution in [0.25, 0.3) is 0 Å². The summed E-state index contributed by atoms with van der Waals surface area (Å²) in [5.41, 5.74) is 1.97. The van der Waals surface area contributed by atoms with E-state index in [1.54, 1.807) is 24.3 Å². The first-order valence-electron chi connectivity index (χ1n) is 8.45. The van der Waals surface area contributed by atoms with Crippen LogP contribution in [0.3, 0.4) is 0 Å². The first kappa shape index (κ1) is 23.9. The van der Waals surface area contributed by atoms with Crippen molar-refractivity contribution in [2.45, 2.75) is 19.8 Å². The van der Waals surface area contributed by atoms with Gasteiger partial charge in [0.25, 0.3) is 17.1 Å². The number of unbranched alkanes of at least 4 members (excludes halogenated alkanes) is 1. The summed E-state index contributed by atoms with van der Waals surface area (Å²) in [5.74, 6) is -1.71. The Morgan fingerprint density at radius 1 is 0.967 bits per heavy atom. The van der Waals surface area contributed by atoms with Crippen molar-refractivity contribution < 1.29 is 35.1 Å². The van der Waals surface area contributed by atoms with Crippen LogP contribution in [0.2, 0.25) is 0 Å². The molecule has 3 N–H and O–H groups in total. The maximum absolute atomic E-state index is 11.4. The minimum atomic E-state index is -1.46. The molecular formula is C17H18N4O9. The van der Waals surface area contributed by atoms with Gasteiger partial charge in [0.15, 0.2) is 0 Å². The molecule has 0 aliphatic carbocycles. The fraction of sp³-hybridized carbons (Fsp3) is 0.235. The molecule has 0 bridgehead atoms. The number of ether oxygens (including phenoxy) is 1. The number of carbonyl (C=O) groups excluding carboxylic acids is 1. The number of quaternary nitrogens is 1. The highest BCUT2D eigenvalue weighted by Gasteiger charge is 2.24. The standard InChI is InChI=1S/C11H15NO2.C6H3N3O7/c1-2-3-8-14-11(13)9-4-6-10(12)7-5-9;10-6-4(8(13)14)1-3(7(11)12)2-5(6)9(15)16/h4-7H,2-3,8,12H2,1H3;1-2,10H. The van der Waals surface area contributed by atoms with Gasteiger partial charge in [-0.15, -0.1) is 0 Å². The predicted molar refractivity (Wildman–Crippen MR) is 100 cm³/mol. The molecule has 0 amide bonds. The zero-order valence-electron chi connectivity index (χ0n) is 15.8. The van der Waals surface area contributed by atoms with E-state index in [9.17, 15) is 40.2 Å². The number of benzene rings is 2. The fourth-order valence-electron chi connectivity index (χ4n) is 1.99. The largest absolute Gasteiger partial charge is 0.863 e. The molecule has 0 atom stereocenters. The molecule has 0 aromatic heterocycles. The van der Waals surface area contributed by atoms with E-state index < -0.39 is 37.6 Å². The summed E-state index contributed by atoms with van der Waals surface area (Å²) in [6.07, 6.45) is 1.95. The van der Waals surface area contributed by atoms with Crippen molar-refractivity contribution in [2.75, 3.05) is 6.61 Å². The Hall–Kier alpha value is -4.13. The third kappa shape index (κ3) is 6.79. The molecular weight excluding hydrogens is 404 g/mol. The Morgan fingerprint density at radius 2 is 1.47 bits per heavy atom. The number of non-ortho nitro benzene ring substituents is 1. The number of nitro benzene ring substituents is 3. The van der Waals surface area contributed by atoms with Crippen LogP contribution in [-0.4, -0.2) is 27.3 Å². The van der Waals surface area contributed by atoms with E-state index >= 15 is 0 Å². The number of hydrogen-bond acceptors (Lipinski definition) is 9. The molecule has 0 saturated heterocycles. The van der Waals surface area contributed by atoms with E-state index in [2.05, 4.69) is 12.7 Å². The number of rotatable bonds is 7. The molecule has 13 heteroatoms. The number of carbonyl (C=O) groups is 1. The molecule has 0 heterocycles. The van der Waals surface area contributed by atoms with E-state index in [-0.39, 0.29) is 5.97 Å². The van der Waals surface area contributed by atoms with Gasteiger partial charge >= 0.3 is 5.97 Å². The normalized spacial score (nSPS) is 9.80. The Labute approximate surface area is 169 Å². The lowest BCUT2D eigenvalue weighted by Gasteiger charge is -2.06. The first-order valence-corrected chi connectivity index (χ1v) is 8.45. The zero-order valence-corrected chi connectivity index (χ0v) is 15.8. The molecule has 30 heavy (non-hydrogen) atoms. The summed E-state index contributed by atoms with van der Waals surface area (Å²) >= 11 is 0. The van der Waals surface area contributed by atoms with E-state index in [4.69, 9.17) is 4.74 Å². The monoisotopic (exact) mass is 422 g/mol. The molecule has 2 rings (SSSR count). The van der Waals surface area contributed by atoms with Crippen molar-refractivity contribution in [1.29, 1.82) is 0 Å². The van der Waals surface area contributed by atoms with E-state index in [0.29, 0.717) is 24.3 Å². The molecule has 0 aliphatic heterocycles. The van der Waals surface area contributed by atoms with Crippen molar-refractivity contribution in [1.82, 2.24) is 0 Å². The maximum atomic E-state index is 11.4. The number of esters is 1. The van der Waals surface area contributed by atoms with Gasteiger partial charge in [-0.25, -0.2) is 4.79 Å². The van der Waals surface area contributed by atoms with Crippen molar-refractivity contribution >= 4 is 28.7 Å². The van der Waals surface area contributed by atoms with Crippen molar-refractivity contribution in [3.8, 4) is 5.75 Å². The van der Waals surface area contributed by atoms with Gasteiger partial charge < -0.3 is 15.6 Å². The molecule has 0 fully saturated rings. The Morgan fingerprint density at radius 3 is 1.87 bits per heavy atom. The van der Waals surface area contributed by atoms with E-state index in [1.165, 1.54) is 0 Å². The lowest BCUT2D eigenvalue weighted by atomic mass is 10.2. The highest BCUT2D eigenvalue weighted by atomic mass is 16.6. The molecule has 2 aromatic rings. The highest BCUT2D eigenvalue weighted by molar-refractivity contribution is 5.89. The Balaban J connectivity index is 0.000000303. The van der Waals surface area contributed by atoms with Crippen LogP contribution >= 0.6 is 0 Å². The van der Waals surface area contributed by atoms with E-state index in [0.717, 1.165) is 18.5 Å².